The molecule has 0 spiro atoms. The van der Waals surface area contributed by atoms with Gasteiger partial charge in [-0.15, -0.1) is 0 Å². The van der Waals surface area contributed by atoms with Crippen molar-refractivity contribution >= 4 is 18.5 Å². The van der Waals surface area contributed by atoms with E-state index < -0.39 is 18.2 Å². The van der Waals surface area contributed by atoms with E-state index in [1.807, 2.05) is 0 Å². The second-order valence-electron chi connectivity index (χ2n) is 6.04. The van der Waals surface area contributed by atoms with Crippen LogP contribution in [0.5, 0.6) is 0 Å². The number of urea groups is 2. The number of nitrogens with zero attached hydrogens (tertiary/aromatic N) is 3. The summed E-state index contributed by atoms with van der Waals surface area (Å²) in [6, 6.07) is -1.34. The van der Waals surface area contributed by atoms with Crippen LogP contribution in [0.15, 0.2) is 0 Å². The molecular weight excluding hydrogens is 334 g/mol. The Morgan fingerprint density at radius 1 is 1.24 bits per heavy atom. The van der Waals surface area contributed by atoms with Crippen molar-refractivity contribution in [1.82, 2.24) is 14.7 Å². The standard InChI is InChI=1S/C15H25N3O7/c1-3-23-7-11(20)4-17(10-19)15(22)18(6-13-9-25-13)14(21)16(2)5-12-8-24-12/h10-13,20H,3-9H2,1-2H3. The maximum atomic E-state index is 12.6. The van der Waals surface area contributed by atoms with Gasteiger partial charge in [0.05, 0.1) is 57.8 Å². The van der Waals surface area contributed by atoms with Crippen LogP contribution in [-0.2, 0) is 19.0 Å². The number of ether oxygens (including phenoxy) is 3. The highest BCUT2D eigenvalue weighted by atomic mass is 16.6. The fourth-order valence-electron chi connectivity index (χ4n) is 2.23. The second kappa shape index (κ2) is 9.09. The Hall–Kier alpha value is -1.75. The van der Waals surface area contributed by atoms with Gasteiger partial charge in [-0.3, -0.25) is 9.69 Å². The van der Waals surface area contributed by atoms with Crippen molar-refractivity contribution in [3.8, 4) is 0 Å². The van der Waals surface area contributed by atoms with E-state index in [-0.39, 0.29) is 31.9 Å². The van der Waals surface area contributed by atoms with Crippen LogP contribution in [0.2, 0.25) is 0 Å². The second-order valence-corrected chi connectivity index (χ2v) is 6.04. The summed E-state index contributed by atoms with van der Waals surface area (Å²) in [5, 5.41) is 9.85. The predicted molar refractivity (Wildman–Crippen MR) is 84.9 cm³/mol. The smallest absolute Gasteiger partial charge is 0.334 e. The lowest BCUT2D eigenvalue weighted by Crippen LogP contribution is -2.53. The van der Waals surface area contributed by atoms with Crippen LogP contribution in [0, 0.1) is 0 Å². The van der Waals surface area contributed by atoms with Gasteiger partial charge in [0, 0.05) is 13.7 Å². The molecule has 5 amide bonds. The monoisotopic (exact) mass is 359 g/mol. The van der Waals surface area contributed by atoms with Crippen LogP contribution in [0.25, 0.3) is 0 Å². The third-order valence-electron chi connectivity index (χ3n) is 3.75. The molecule has 0 bridgehead atoms. The van der Waals surface area contributed by atoms with Gasteiger partial charge in [0.1, 0.15) is 0 Å². The summed E-state index contributed by atoms with van der Waals surface area (Å²) in [5.74, 6) is 0. The van der Waals surface area contributed by atoms with Gasteiger partial charge in [-0.25, -0.2) is 14.5 Å². The summed E-state index contributed by atoms with van der Waals surface area (Å²) < 4.78 is 15.2. The summed E-state index contributed by atoms with van der Waals surface area (Å²) in [6.45, 7) is 3.37. The quantitative estimate of drug-likeness (QED) is 0.397. The first-order chi connectivity index (χ1) is 12.0. The number of aliphatic hydroxyl groups is 1. The predicted octanol–water partition coefficient (Wildman–Crippen LogP) is -0.886. The number of hydrogen-bond acceptors (Lipinski definition) is 7. The minimum Gasteiger partial charge on any atom is -0.389 e. The molecule has 2 aliphatic heterocycles. The third-order valence-corrected chi connectivity index (χ3v) is 3.75. The average molecular weight is 359 g/mol. The normalized spacial score (nSPS) is 22.0. The van der Waals surface area contributed by atoms with Crippen LogP contribution in [0.4, 0.5) is 9.59 Å². The Bertz CT molecular complexity index is 482. The molecule has 142 valence electrons. The lowest BCUT2D eigenvalue weighted by Gasteiger charge is -2.29. The molecule has 2 heterocycles. The van der Waals surface area contributed by atoms with E-state index in [4.69, 9.17) is 14.2 Å². The molecule has 10 nitrogen and oxygen atoms in total. The minimum absolute atomic E-state index is 0.00722. The Labute approximate surface area is 146 Å². The van der Waals surface area contributed by atoms with Gasteiger partial charge in [-0.05, 0) is 6.92 Å². The van der Waals surface area contributed by atoms with E-state index in [0.717, 1.165) is 9.80 Å². The van der Waals surface area contributed by atoms with Crippen LogP contribution >= 0.6 is 0 Å². The summed E-state index contributed by atoms with van der Waals surface area (Å²) >= 11 is 0. The van der Waals surface area contributed by atoms with Gasteiger partial charge in [0.15, 0.2) is 0 Å². The Morgan fingerprint density at radius 3 is 2.36 bits per heavy atom. The van der Waals surface area contributed by atoms with E-state index in [1.165, 1.54) is 4.90 Å². The summed E-state index contributed by atoms with van der Waals surface area (Å²) in [4.78, 5) is 39.6. The van der Waals surface area contributed by atoms with Crippen LogP contribution in [0.3, 0.4) is 0 Å². The van der Waals surface area contributed by atoms with E-state index >= 15 is 0 Å². The van der Waals surface area contributed by atoms with Crippen molar-refractivity contribution in [1.29, 1.82) is 0 Å². The Kier molecular flexibility index (Phi) is 7.12. The van der Waals surface area contributed by atoms with Gasteiger partial charge >= 0.3 is 12.1 Å². The molecule has 3 unspecified atom stereocenters. The van der Waals surface area contributed by atoms with Gasteiger partial charge in [-0.2, -0.15) is 0 Å². The molecule has 2 rings (SSSR count). The highest BCUT2D eigenvalue weighted by molar-refractivity contribution is 5.97. The van der Waals surface area contributed by atoms with Gasteiger partial charge < -0.3 is 24.2 Å². The third kappa shape index (κ3) is 6.24. The number of hydrogen-bond donors (Lipinski definition) is 1. The molecule has 0 radical (unpaired) electrons. The first-order valence-electron chi connectivity index (χ1n) is 8.23. The van der Waals surface area contributed by atoms with E-state index in [2.05, 4.69) is 0 Å². The zero-order valence-corrected chi connectivity index (χ0v) is 14.5. The molecule has 1 N–H and O–H groups in total. The number of carbonyl (C=O) groups excluding carboxylic acids is 3. The van der Waals surface area contributed by atoms with Crippen LogP contribution in [-0.4, -0.2) is 110 Å². The van der Waals surface area contributed by atoms with Crippen molar-refractivity contribution in [3.63, 3.8) is 0 Å². The van der Waals surface area contributed by atoms with Gasteiger partial charge in [0.25, 0.3) is 0 Å². The molecule has 10 heteroatoms. The lowest BCUT2D eigenvalue weighted by molar-refractivity contribution is -0.117. The Morgan fingerprint density at radius 2 is 1.84 bits per heavy atom. The van der Waals surface area contributed by atoms with Crippen LogP contribution < -0.4 is 0 Å². The number of likely N-dealkylation sites (N-methyl/N-ethyl adjacent to an activating group) is 1. The van der Waals surface area contributed by atoms with Crippen molar-refractivity contribution < 1.29 is 33.7 Å². The molecule has 2 saturated heterocycles. The number of imide groups is 2. The first kappa shape index (κ1) is 19.6. The molecule has 2 aliphatic rings. The summed E-state index contributed by atoms with van der Waals surface area (Å²) in [7, 11) is 1.56. The minimum atomic E-state index is -1.03. The summed E-state index contributed by atoms with van der Waals surface area (Å²) in [6.07, 6.45) is -0.963. The topological polar surface area (TPSA) is 115 Å². The van der Waals surface area contributed by atoms with Crippen molar-refractivity contribution in [3.05, 3.63) is 0 Å². The number of rotatable bonds is 10. The van der Waals surface area contributed by atoms with Crippen molar-refractivity contribution in [2.24, 2.45) is 0 Å². The number of aliphatic hydroxyl groups excluding tert-OH is 1. The first-order valence-corrected chi connectivity index (χ1v) is 8.23. The molecule has 25 heavy (non-hydrogen) atoms. The average Bonchev–Trinajstić information content (AvgIpc) is 3.50. The SMILES string of the molecule is CCOCC(O)CN(C=O)C(=O)N(CC1CO1)C(=O)N(C)CC1CO1. The molecular formula is C15H25N3O7. The highest BCUT2D eigenvalue weighted by Gasteiger charge is 2.37. The molecule has 0 aromatic carbocycles. The van der Waals surface area contributed by atoms with Crippen molar-refractivity contribution in [2.45, 2.75) is 25.2 Å². The van der Waals surface area contributed by atoms with Crippen molar-refractivity contribution in [2.75, 3.05) is 53.1 Å². The number of amides is 5. The lowest BCUT2D eigenvalue weighted by atomic mass is 10.3. The molecule has 2 fully saturated rings. The maximum Gasteiger partial charge on any atom is 0.334 e. The Balaban J connectivity index is 1.98. The zero-order valence-electron chi connectivity index (χ0n) is 14.5. The van der Waals surface area contributed by atoms with E-state index in [0.29, 0.717) is 32.8 Å². The molecule has 0 aromatic rings. The highest BCUT2D eigenvalue weighted by Crippen LogP contribution is 2.16. The fraction of sp³-hybridized carbons (Fsp3) is 0.800. The molecule has 0 aromatic heterocycles. The molecule has 3 atom stereocenters. The largest absolute Gasteiger partial charge is 0.389 e. The maximum absolute atomic E-state index is 12.6. The van der Waals surface area contributed by atoms with Crippen LogP contribution in [0.1, 0.15) is 6.92 Å². The molecule has 0 saturated carbocycles. The summed E-state index contributed by atoms with van der Waals surface area (Å²) in [5.41, 5.74) is 0. The zero-order chi connectivity index (χ0) is 18.4. The van der Waals surface area contributed by atoms with Gasteiger partial charge in [-0.1, -0.05) is 0 Å². The van der Waals surface area contributed by atoms with Gasteiger partial charge in [0.2, 0.25) is 6.41 Å². The van der Waals surface area contributed by atoms with E-state index in [9.17, 15) is 19.5 Å². The molecule has 0 aliphatic carbocycles. The number of epoxide rings is 2. The fourth-order valence-corrected chi connectivity index (χ4v) is 2.23. The number of carbonyl (C=O) groups is 3. The van der Waals surface area contributed by atoms with E-state index in [1.54, 1.807) is 14.0 Å².